The number of amides is 1. The molecule has 8 heteroatoms. The van der Waals surface area contributed by atoms with Crippen LogP contribution in [0.3, 0.4) is 0 Å². The Hall–Kier alpha value is -3.52. The highest BCUT2D eigenvalue weighted by Crippen LogP contribution is 2.34. The molecule has 0 bridgehead atoms. The number of esters is 1. The normalized spacial score (nSPS) is 13.2. The van der Waals surface area contributed by atoms with Crippen LogP contribution in [-0.4, -0.2) is 44.1 Å². The number of hydrogen-bond acceptors (Lipinski definition) is 7. The highest BCUT2D eigenvalue weighted by atomic mass is 16.6. The maximum atomic E-state index is 12.8. The average molecular weight is 472 g/mol. The molecular formula is C26H33NO7. The van der Waals surface area contributed by atoms with E-state index in [2.05, 4.69) is 5.32 Å². The van der Waals surface area contributed by atoms with E-state index in [0.29, 0.717) is 22.8 Å². The maximum absolute atomic E-state index is 12.8. The fourth-order valence-electron chi connectivity index (χ4n) is 3.28. The van der Waals surface area contributed by atoms with Crippen LogP contribution in [0.2, 0.25) is 0 Å². The van der Waals surface area contributed by atoms with Gasteiger partial charge in [0.05, 0.1) is 20.3 Å². The lowest BCUT2D eigenvalue weighted by Crippen LogP contribution is -2.23. The Morgan fingerprint density at radius 1 is 1.00 bits per heavy atom. The number of hydrogen-bond donors (Lipinski definition) is 2. The van der Waals surface area contributed by atoms with Gasteiger partial charge in [-0.15, -0.1) is 0 Å². The van der Waals surface area contributed by atoms with Crippen LogP contribution in [0.5, 0.6) is 11.5 Å². The number of rotatable bonds is 11. The van der Waals surface area contributed by atoms with Gasteiger partial charge in [-0.25, -0.2) is 9.59 Å². The van der Waals surface area contributed by atoms with Gasteiger partial charge >= 0.3 is 12.1 Å². The second-order valence-corrected chi connectivity index (χ2v) is 7.64. The first-order chi connectivity index (χ1) is 16.3. The molecule has 0 heterocycles. The number of aliphatic hydroxyl groups excluding tert-OH is 1. The molecule has 8 nitrogen and oxygen atoms in total. The number of carbonyl (C=O) groups excluding carboxylic acids is 2. The summed E-state index contributed by atoms with van der Waals surface area (Å²) < 4.78 is 21.5. The standard InChI is InChI=1S/C26H33NO7/c1-6-32-25(29)19(4)17(2)18(3)24(20-7-11-23(12-8-20)33-16-15-28)34-26(30)27-21-9-13-22(31-5)14-10-21/h7-14,18,24,28H,6,15-16H2,1-5H3,(H,27,30)/b19-17+/t18-,24-/m0/s1. The monoisotopic (exact) mass is 471 g/mol. The average Bonchev–Trinajstić information content (AvgIpc) is 2.85. The molecule has 0 saturated carbocycles. The van der Waals surface area contributed by atoms with Gasteiger partial charge in [-0.1, -0.05) is 24.6 Å². The third-order valence-corrected chi connectivity index (χ3v) is 5.45. The molecule has 1 amide bonds. The third-order valence-electron chi connectivity index (χ3n) is 5.45. The molecule has 2 rings (SSSR count). The molecule has 2 N–H and O–H groups in total. The highest BCUT2D eigenvalue weighted by Gasteiger charge is 2.27. The minimum atomic E-state index is -0.686. The Balaban J connectivity index is 2.29. The highest BCUT2D eigenvalue weighted by molar-refractivity contribution is 5.88. The molecule has 2 aromatic rings. The van der Waals surface area contributed by atoms with Gasteiger partial charge in [-0.2, -0.15) is 0 Å². The summed E-state index contributed by atoms with van der Waals surface area (Å²) >= 11 is 0. The predicted octanol–water partition coefficient (Wildman–Crippen LogP) is 4.89. The molecule has 0 unspecified atom stereocenters. The molecule has 0 aromatic heterocycles. The molecule has 184 valence electrons. The molecule has 0 radical (unpaired) electrons. The quantitative estimate of drug-likeness (QED) is 0.355. The lowest BCUT2D eigenvalue weighted by atomic mass is 9.88. The summed E-state index contributed by atoms with van der Waals surface area (Å²) in [5.74, 6) is 0.530. The number of ether oxygens (including phenoxy) is 4. The minimum Gasteiger partial charge on any atom is -0.497 e. The van der Waals surface area contributed by atoms with Gasteiger partial charge in [-0.3, -0.25) is 5.32 Å². The summed E-state index contributed by atoms with van der Waals surface area (Å²) in [7, 11) is 1.57. The van der Waals surface area contributed by atoms with E-state index in [1.807, 2.05) is 13.8 Å². The predicted molar refractivity (Wildman–Crippen MR) is 129 cm³/mol. The Labute approximate surface area is 200 Å². The molecule has 0 fully saturated rings. The number of aliphatic hydroxyl groups is 1. The molecule has 0 aliphatic heterocycles. The van der Waals surface area contributed by atoms with Crippen molar-refractivity contribution in [1.29, 1.82) is 0 Å². The molecule has 0 aliphatic rings. The van der Waals surface area contributed by atoms with Crippen LogP contribution in [0.4, 0.5) is 10.5 Å². The van der Waals surface area contributed by atoms with Crippen molar-refractivity contribution in [2.75, 3.05) is 32.2 Å². The number of carbonyl (C=O) groups is 2. The van der Waals surface area contributed by atoms with Crippen LogP contribution in [0.15, 0.2) is 59.7 Å². The molecule has 34 heavy (non-hydrogen) atoms. The van der Waals surface area contributed by atoms with E-state index in [-0.39, 0.29) is 25.7 Å². The first kappa shape index (κ1) is 26.7. The number of anilines is 1. The van der Waals surface area contributed by atoms with E-state index in [0.717, 1.165) is 11.1 Å². The van der Waals surface area contributed by atoms with Crippen molar-refractivity contribution in [1.82, 2.24) is 0 Å². The fourth-order valence-corrected chi connectivity index (χ4v) is 3.28. The van der Waals surface area contributed by atoms with E-state index in [4.69, 9.17) is 24.1 Å². The molecule has 2 atom stereocenters. The van der Waals surface area contributed by atoms with Gasteiger partial charge in [0.1, 0.15) is 24.2 Å². The molecule has 0 saturated heterocycles. The van der Waals surface area contributed by atoms with Crippen molar-refractivity contribution < 1.29 is 33.6 Å². The summed E-state index contributed by atoms with van der Waals surface area (Å²) in [5.41, 5.74) is 2.51. The van der Waals surface area contributed by atoms with Crippen LogP contribution in [0, 0.1) is 5.92 Å². The summed E-state index contributed by atoms with van der Waals surface area (Å²) in [6.45, 7) is 7.53. The van der Waals surface area contributed by atoms with Gasteiger partial charge < -0.3 is 24.1 Å². The third kappa shape index (κ3) is 7.52. The number of methoxy groups -OCH3 is 1. The van der Waals surface area contributed by atoms with Gasteiger partial charge in [-0.05, 0) is 62.7 Å². The summed E-state index contributed by atoms with van der Waals surface area (Å²) in [4.78, 5) is 25.0. The largest absolute Gasteiger partial charge is 0.497 e. The summed E-state index contributed by atoms with van der Waals surface area (Å²) in [6, 6.07) is 14.0. The number of benzene rings is 2. The van der Waals surface area contributed by atoms with Crippen LogP contribution in [0.25, 0.3) is 0 Å². The zero-order valence-electron chi connectivity index (χ0n) is 20.3. The smallest absolute Gasteiger partial charge is 0.412 e. The van der Waals surface area contributed by atoms with Crippen molar-refractivity contribution >= 4 is 17.7 Å². The van der Waals surface area contributed by atoms with Gasteiger partial charge in [0.15, 0.2) is 0 Å². The van der Waals surface area contributed by atoms with Crippen LogP contribution < -0.4 is 14.8 Å². The second-order valence-electron chi connectivity index (χ2n) is 7.64. The number of nitrogens with one attached hydrogen (secondary N) is 1. The van der Waals surface area contributed by atoms with Crippen LogP contribution in [0.1, 0.15) is 39.4 Å². The van der Waals surface area contributed by atoms with E-state index in [1.165, 1.54) is 0 Å². The van der Waals surface area contributed by atoms with E-state index in [1.54, 1.807) is 69.5 Å². The zero-order valence-corrected chi connectivity index (χ0v) is 20.3. The molecular weight excluding hydrogens is 438 g/mol. The van der Waals surface area contributed by atoms with Gasteiger partial charge in [0.2, 0.25) is 0 Å². The second kappa shape index (κ2) is 13.3. The SMILES string of the molecule is CCOC(=O)/C(C)=C(\C)[C@H](C)[C@H](OC(=O)Nc1ccc(OC)cc1)c1ccc(OCCO)cc1. The lowest BCUT2D eigenvalue weighted by Gasteiger charge is -2.26. The summed E-state index contributed by atoms with van der Waals surface area (Å²) in [6.07, 6.45) is -1.32. The Bertz CT molecular complexity index is 968. The summed E-state index contributed by atoms with van der Waals surface area (Å²) in [5, 5.41) is 11.7. The van der Waals surface area contributed by atoms with Gasteiger partial charge in [0, 0.05) is 17.2 Å². The minimum absolute atomic E-state index is 0.0901. The van der Waals surface area contributed by atoms with Crippen molar-refractivity contribution in [3.05, 3.63) is 65.2 Å². The van der Waals surface area contributed by atoms with Crippen LogP contribution in [-0.2, 0) is 14.3 Å². The van der Waals surface area contributed by atoms with Crippen LogP contribution >= 0.6 is 0 Å². The van der Waals surface area contributed by atoms with E-state index < -0.39 is 18.2 Å². The Morgan fingerprint density at radius 2 is 1.62 bits per heavy atom. The molecule has 0 spiro atoms. The van der Waals surface area contributed by atoms with E-state index in [9.17, 15) is 9.59 Å². The Kier molecular flexibility index (Phi) is 10.4. The lowest BCUT2D eigenvalue weighted by molar-refractivity contribution is -0.138. The van der Waals surface area contributed by atoms with E-state index >= 15 is 0 Å². The molecule has 0 aliphatic carbocycles. The zero-order chi connectivity index (χ0) is 25.1. The molecule has 2 aromatic carbocycles. The van der Waals surface area contributed by atoms with Crippen molar-refractivity contribution in [3.63, 3.8) is 0 Å². The van der Waals surface area contributed by atoms with Crippen molar-refractivity contribution in [2.45, 2.75) is 33.8 Å². The van der Waals surface area contributed by atoms with Gasteiger partial charge in [0.25, 0.3) is 0 Å². The first-order valence-corrected chi connectivity index (χ1v) is 11.1. The first-order valence-electron chi connectivity index (χ1n) is 11.1. The topological polar surface area (TPSA) is 103 Å². The van der Waals surface area contributed by atoms with Crippen molar-refractivity contribution in [2.24, 2.45) is 5.92 Å². The van der Waals surface area contributed by atoms with Crippen molar-refractivity contribution in [3.8, 4) is 11.5 Å². The maximum Gasteiger partial charge on any atom is 0.412 e. The fraction of sp³-hybridized carbons (Fsp3) is 0.385. The Morgan fingerprint density at radius 3 is 2.18 bits per heavy atom.